The number of ketones is 1. The van der Waals surface area contributed by atoms with Gasteiger partial charge in [-0.15, -0.1) is 0 Å². The maximum Gasteiger partial charge on any atom is 0.183 e. The van der Waals surface area contributed by atoms with Gasteiger partial charge in [-0.2, -0.15) is 0 Å². The third-order valence-electron chi connectivity index (χ3n) is 2.27. The van der Waals surface area contributed by atoms with E-state index in [-0.39, 0.29) is 23.7 Å². The predicted molar refractivity (Wildman–Crippen MR) is 52.3 cm³/mol. The molecule has 1 aliphatic heterocycles. The van der Waals surface area contributed by atoms with Crippen LogP contribution in [0.5, 0.6) is 0 Å². The molecule has 84 valence electrons. The summed E-state index contributed by atoms with van der Waals surface area (Å²) in [5.74, 6) is -1.68. The fraction of sp³-hybridized carbons (Fsp3) is 0.182. The summed E-state index contributed by atoms with van der Waals surface area (Å²) in [7, 11) is 0. The zero-order valence-electron chi connectivity index (χ0n) is 8.24. The van der Waals surface area contributed by atoms with Gasteiger partial charge in [-0.25, -0.2) is 8.78 Å². The summed E-state index contributed by atoms with van der Waals surface area (Å²) < 4.78 is 31.2. The second kappa shape index (κ2) is 4.02. The molecule has 0 fully saturated rings. The van der Waals surface area contributed by atoms with E-state index in [1.54, 1.807) is 0 Å². The molecule has 5 heteroatoms. The van der Waals surface area contributed by atoms with Crippen LogP contribution in [0.15, 0.2) is 30.0 Å². The standard InChI is InChI=1S/C11H9F2NO2/c12-6-1-2-8(9(13)3-6)11-10(14)4-7(15)5-16-11/h1-4,11H,5,14H2. The Morgan fingerprint density at radius 1 is 1.38 bits per heavy atom. The van der Waals surface area contributed by atoms with Crippen molar-refractivity contribution in [1.29, 1.82) is 0 Å². The van der Waals surface area contributed by atoms with Crippen LogP contribution in [0.1, 0.15) is 11.7 Å². The van der Waals surface area contributed by atoms with Gasteiger partial charge in [-0.3, -0.25) is 4.79 Å². The summed E-state index contributed by atoms with van der Waals surface area (Å²) in [6.07, 6.45) is 0.384. The fourth-order valence-corrected chi connectivity index (χ4v) is 1.55. The number of hydrogen-bond acceptors (Lipinski definition) is 3. The summed E-state index contributed by atoms with van der Waals surface area (Å²) in [4.78, 5) is 11.0. The van der Waals surface area contributed by atoms with Crippen molar-refractivity contribution in [3.8, 4) is 0 Å². The van der Waals surface area contributed by atoms with Crippen molar-refractivity contribution in [2.24, 2.45) is 5.73 Å². The number of ether oxygens (including phenoxy) is 1. The number of carbonyl (C=O) groups excluding carboxylic acids is 1. The highest BCUT2D eigenvalue weighted by Gasteiger charge is 2.24. The molecule has 1 aliphatic rings. The molecule has 2 rings (SSSR count). The van der Waals surface area contributed by atoms with E-state index < -0.39 is 17.7 Å². The van der Waals surface area contributed by atoms with Crippen molar-refractivity contribution in [2.45, 2.75) is 6.10 Å². The van der Waals surface area contributed by atoms with Crippen LogP contribution >= 0.6 is 0 Å². The lowest BCUT2D eigenvalue weighted by Crippen LogP contribution is -2.24. The van der Waals surface area contributed by atoms with Gasteiger partial charge in [0.05, 0.1) is 0 Å². The minimum Gasteiger partial charge on any atom is -0.400 e. The van der Waals surface area contributed by atoms with Gasteiger partial charge in [0, 0.05) is 23.4 Å². The molecule has 0 saturated heterocycles. The van der Waals surface area contributed by atoms with Crippen LogP contribution in [0.25, 0.3) is 0 Å². The van der Waals surface area contributed by atoms with Crippen LogP contribution in [0.4, 0.5) is 8.78 Å². The van der Waals surface area contributed by atoms with Gasteiger partial charge in [0.1, 0.15) is 24.3 Å². The summed E-state index contributed by atoms with van der Waals surface area (Å²) >= 11 is 0. The third-order valence-corrected chi connectivity index (χ3v) is 2.27. The molecule has 0 bridgehead atoms. The van der Waals surface area contributed by atoms with E-state index in [0.29, 0.717) is 0 Å². The Morgan fingerprint density at radius 3 is 2.75 bits per heavy atom. The zero-order chi connectivity index (χ0) is 11.7. The van der Waals surface area contributed by atoms with Crippen LogP contribution in [-0.2, 0) is 9.53 Å². The first kappa shape index (κ1) is 10.8. The highest BCUT2D eigenvalue weighted by molar-refractivity contribution is 5.92. The molecule has 0 aromatic heterocycles. The minimum absolute atomic E-state index is 0.127. The fourth-order valence-electron chi connectivity index (χ4n) is 1.55. The number of benzene rings is 1. The molecule has 0 spiro atoms. The monoisotopic (exact) mass is 225 g/mol. The van der Waals surface area contributed by atoms with Crippen LogP contribution in [0, 0.1) is 11.6 Å². The number of nitrogens with two attached hydrogens (primary N) is 1. The van der Waals surface area contributed by atoms with E-state index >= 15 is 0 Å². The van der Waals surface area contributed by atoms with Crippen molar-refractivity contribution >= 4 is 5.78 Å². The van der Waals surface area contributed by atoms with E-state index in [9.17, 15) is 13.6 Å². The first-order valence-electron chi connectivity index (χ1n) is 4.64. The number of carbonyl (C=O) groups is 1. The first-order valence-corrected chi connectivity index (χ1v) is 4.64. The summed E-state index contributed by atoms with van der Waals surface area (Å²) in [5, 5.41) is 0. The van der Waals surface area contributed by atoms with Gasteiger partial charge >= 0.3 is 0 Å². The lowest BCUT2D eigenvalue weighted by Gasteiger charge is -2.22. The molecule has 3 nitrogen and oxygen atoms in total. The van der Waals surface area contributed by atoms with Gasteiger partial charge in [0.2, 0.25) is 0 Å². The minimum atomic E-state index is -0.821. The van der Waals surface area contributed by atoms with E-state index in [4.69, 9.17) is 10.5 Å². The van der Waals surface area contributed by atoms with Crippen molar-refractivity contribution in [3.63, 3.8) is 0 Å². The van der Waals surface area contributed by atoms with Gasteiger partial charge in [0.25, 0.3) is 0 Å². The smallest absolute Gasteiger partial charge is 0.183 e. The van der Waals surface area contributed by atoms with Crippen LogP contribution in [-0.4, -0.2) is 12.4 Å². The van der Waals surface area contributed by atoms with Crippen molar-refractivity contribution < 1.29 is 18.3 Å². The number of halogens is 2. The normalized spacial score (nSPS) is 20.8. The summed E-state index contributed by atoms with van der Waals surface area (Å²) in [5.41, 5.74) is 5.82. The molecule has 16 heavy (non-hydrogen) atoms. The Balaban J connectivity index is 2.38. The molecule has 1 aromatic rings. The summed E-state index contributed by atoms with van der Waals surface area (Å²) in [6, 6.07) is 3.12. The molecular weight excluding hydrogens is 216 g/mol. The number of rotatable bonds is 1. The third kappa shape index (κ3) is 1.94. The van der Waals surface area contributed by atoms with Crippen LogP contribution < -0.4 is 5.73 Å². The molecule has 0 amide bonds. The molecule has 0 radical (unpaired) electrons. The van der Waals surface area contributed by atoms with Crippen molar-refractivity contribution in [3.05, 3.63) is 47.2 Å². The Kier molecular flexibility index (Phi) is 2.70. The van der Waals surface area contributed by atoms with Gasteiger partial charge < -0.3 is 10.5 Å². The van der Waals surface area contributed by atoms with Gasteiger partial charge in [-0.05, 0) is 6.07 Å². The molecule has 0 aliphatic carbocycles. The lowest BCUT2D eigenvalue weighted by molar-refractivity contribution is -0.122. The van der Waals surface area contributed by atoms with Crippen LogP contribution in [0.2, 0.25) is 0 Å². The van der Waals surface area contributed by atoms with E-state index in [2.05, 4.69) is 0 Å². The lowest BCUT2D eigenvalue weighted by atomic mass is 10.0. The average Bonchev–Trinajstić information content (AvgIpc) is 2.19. The Labute approximate surface area is 90.5 Å². The van der Waals surface area contributed by atoms with Gasteiger partial charge in [0.15, 0.2) is 5.78 Å². The topological polar surface area (TPSA) is 52.3 Å². The number of hydrogen-bond donors (Lipinski definition) is 1. The molecule has 2 N–H and O–H groups in total. The molecule has 1 aromatic carbocycles. The molecule has 1 atom stereocenters. The second-order valence-electron chi connectivity index (χ2n) is 3.47. The Morgan fingerprint density at radius 2 is 2.12 bits per heavy atom. The van der Waals surface area contributed by atoms with Gasteiger partial charge in [-0.1, -0.05) is 6.07 Å². The summed E-state index contributed by atoms with van der Waals surface area (Å²) in [6.45, 7) is -0.151. The molecular formula is C11H9F2NO2. The predicted octanol–water partition coefficient (Wildman–Crippen LogP) is 1.45. The maximum atomic E-state index is 13.4. The second-order valence-corrected chi connectivity index (χ2v) is 3.47. The average molecular weight is 225 g/mol. The van der Waals surface area contributed by atoms with Crippen molar-refractivity contribution in [1.82, 2.24) is 0 Å². The SMILES string of the molecule is NC1=CC(=O)COC1c1ccc(F)cc1F. The Bertz CT molecular complexity index is 471. The largest absolute Gasteiger partial charge is 0.400 e. The van der Waals surface area contributed by atoms with E-state index in [1.807, 2.05) is 0 Å². The molecule has 0 saturated carbocycles. The highest BCUT2D eigenvalue weighted by atomic mass is 19.1. The first-order chi connectivity index (χ1) is 7.58. The van der Waals surface area contributed by atoms with Crippen LogP contribution in [0.3, 0.4) is 0 Å². The molecule has 1 unspecified atom stereocenters. The van der Waals surface area contributed by atoms with E-state index in [0.717, 1.165) is 12.1 Å². The highest BCUT2D eigenvalue weighted by Crippen LogP contribution is 2.27. The van der Waals surface area contributed by atoms with E-state index in [1.165, 1.54) is 12.1 Å². The Hall–Kier alpha value is -1.75. The zero-order valence-corrected chi connectivity index (χ0v) is 8.24. The quantitative estimate of drug-likeness (QED) is 0.786. The van der Waals surface area contributed by atoms with Crippen molar-refractivity contribution in [2.75, 3.05) is 6.61 Å². The maximum absolute atomic E-state index is 13.4. The molecule has 1 heterocycles.